The van der Waals surface area contributed by atoms with Crippen LogP contribution in [0.4, 0.5) is 4.79 Å². The van der Waals surface area contributed by atoms with Crippen molar-refractivity contribution in [1.82, 2.24) is 16.0 Å². The van der Waals surface area contributed by atoms with Crippen molar-refractivity contribution >= 4 is 23.8 Å². The Kier molecular flexibility index (Phi) is 7.15. The molecule has 156 valence electrons. The van der Waals surface area contributed by atoms with Crippen LogP contribution >= 0.6 is 0 Å². The molecule has 1 aliphatic carbocycles. The van der Waals surface area contributed by atoms with Gasteiger partial charge in [0.1, 0.15) is 6.04 Å². The number of hydrogen-bond donors (Lipinski definition) is 3. The monoisotopic (exact) mass is 409 g/mol. The van der Waals surface area contributed by atoms with Gasteiger partial charge in [0, 0.05) is 18.0 Å². The molecule has 0 bridgehead atoms. The van der Waals surface area contributed by atoms with Crippen molar-refractivity contribution in [3.8, 4) is 0 Å². The lowest BCUT2D eigenvalue weighted by atomic mass is 10.1. The number of urea groups is 1. The van der Waals surface area contributed by atoms with Gasteiger partial charge < -0.3 is 15.4 Å². The number of rotatable bonds is 8. The van der Waals surface area contributed by atoms with Crippen LogP contribution in [0.2, 0.25) is 0 Å². The van der Waals surface area contributed by atoms with Gasteiger partial charge in [-0.2, -0.15) is 0 Å². The fraction of sp³-hybridized carbons (Fsp3) is 0.273. The Hall–Kier alpha value is -3.68. The molecule has 2 aromatic carbocycles. The minimum absolute atomic E-state index is 0.101. The van der Waals surface area contributed by atoms with Crippen LogP contribution in [-0.2, 0) is 20.7 Å². The third-order valence-electron chi connectivity index (χ3n) is 4.42. The Bertz CT molecular complexity index is 898. The Labute approximate surface area is 174 Å². The molecule has 8 nitrogen and oxygen atoms in total. The summed E-state index contributed by atoms with van der Waals surface area (Å²) in [6, 6.07) is 16.1. The number of esters is 1. The largest absolute Gasteiger partial charge is 0.454 e. The first-order valence-corrected chi connectivity index (χ1v) is 9.68. The van der Waals surface area contributed by atoms with Gasteiger partial charge in [-0.05, 0) is 30.5 Å². The maximum absolute atomic E-state index is 12.6. The summed E-state index contributed by atoms with van der Waals surface area (Å²) < 4.78 is 5.05. The van der Waals surface area contributed by atoms with E-state index < -0.39 is 36.5 Å². The molecule has 0 unspecified atom stereocenters. The first-order valence-electron chi connectivity index (χ1n) is 9.68. The van der Waals surface area contributed by atoms with Gasteiger partial charge in [0.15, 0.2) is 6.61 Å². The predicted molar refractivity (Wildman–Crippen MR) is 108 cm³/mol. The second-order valence-corrected chi connectivity index (χ2v) is 6.99. The summed E-state index contributed by atoms with van der Waals surface area (Å²) in [5.74, 6) is -1.93. The molecule has 3 rings (SSSR count). The van der Waals surface area contributed by atoms with E-state index in [-0.39, 0.29) is 12.5 Å². The van der Waals surface area contributed by atoms with Crippen LogP contribution in [0.1, 0.15) is 28.8 Å². The van der Waals surface area contributed by atoms with Crippen molar-refractivity contribution in [2.75, 3.05) is 6.61 Å². The quantitative estimate of drug-likeness (QED) is 0.573. The molecule has 1 atom stereocenters. The maximum Gasteiger partial charge on any atom is 0.329 e. The first-order chi connectivity index (χ1) is 14.5. The summed E-state index contributed by atoms with van der Waals surface area (Å²) in [4.78, 5) is 48.5. The average molecular weight is 409 g/mol. The number of ether oxygens (including phenoxy) is 1. The fourth-order valence-corrected chi connectivity index (χ4v) is 2.72. The van der Waals surface area contributed by atoms with Crippen LogP contribution in [-0.4, -0.2) is 42.5 Å². The van der Waals surface area contributed by atoms with Crippen LogP contribution in [0.15, 0.2) is 60.7 Å². The van der Waals surface area contributed by atoms with Crippen molar-refractivity contribution in [2.24, 2.45) is 0 Å². The Morgan fingerprint density at radius 1 is 0.933 bits per heavy atom. The van der Waals surface area contributed by atoms with Crippen molar-refractivity contribution in [3.05, 3.63) is 71.8 Å². The van der Waals surface area contributed by atoms with E-state index in [1.807, 2.05) is 30.3 Å². The molecule has 0 spiro atoms. The molecular formula is C22H23N3O5. The second-order valence-electron chi connectivity index (χ2n) is 6.99. The summed E-state index contributed by atoms with van der Waals surface area (Å²) in [5.41, 5.74) is 1.22. The summed E-state index contributed by atoms with van der Waals surface area (Å²) >= 11 is 0. The van der Waals surface area contributed by atoms with E-state index in [2.05, 4.69) is 16.0 Å². The predicted octanol–water partition coefficient (Wildman–Crippen LogP) is 1.56. The van der Waals surface area contributed by atoms with E-state index in [4.69, 9.17) is 4.74 Å². The Balaban J connectivity index is 1.58. The average Bonchev–Trinajstić information content (AvgIpc) is 3.56. The molecular weight excluding hydrogens is 386 g/mol. The van der Waals surface area contributed by atoms with E-state index in [1.54, 1.807) is 30.3 Å². The minimum Gasteiger partial charge on any atom is -0.454 e. The minimum atomic E-state index is -0.992. The number of hydrogen-bond acceptors (Lipinski definition) is 5. The summed E-state index contributed by atoms with van der Waals surface area (Å²) in [5, 5.41) is 7.37. The third-order valence-corrected chi connectivity index (χ3v) is 4.42. The molecule has 0 aromatic heterocycles. The standard InChI is InChI=1S/C22H23N3O5/c26-19(25-22(29)23-17-11-12-17)14-30-21(28)18(13-15-7-3-1-4-8-15)24-20(27)16-9-5-2-6-10-16/h1-10,17-18H,11-14H2,(H,24,27)(H2,23,25,26,29)/t18-/m0/s1. The lowest BCUT2D eigenvalue weighted by molar-refractivity contribution is -0.150. The van der Waals surface area contributed by atoms with Gasteiger partial charge >= 0.3 is 12.0 Å². The first kappa shape index (κ1) is 21.0. The van der Waals surface area contributed by atoms with E-state index in [1.165, 1.54) is 0 Å². The van der Waals surface area contributed by atoms with Crippen LogP contribution in [0.5, 0.6) is 0 Å². The van der Waals surface area contributed by atoms with Crippen LogP contribution in [0, 0.1) is 0 Å². The third kappa shape index (κ3) is 6.73. The zero-order chi connectivity index (χ0) is 21.3. The Morgan fingerprint density at radius 2 is 1.57 bits per heavy atom. The van der Waals surface area contributed by atoms with Gasteiger partial charge in [0.2, 0.25) is 0 Å². The lowest BCUT2D eigenvalue weighted by Crippen LogP contribution is -2.46. The van der Waals surface area contributed by atoms with Crippen molar-refractivity contribution in [3.63, 3.8) is 0 Å². The molecule has 2 aromatic rings. The zero-order valence-corrected chi connectivity index (χ0v) is 16.3. The number of carbonyl (C=O) groups is 4. The van der Waals surface area contributed by atoms with Crippen molar-refractivity contribution < 1.29 is 23.9 Å². The van der Waals surface area contributed by atoms with Gasteiger partial charge in [0.05, 0.1) is 0 Å². The fourth-order valence-electron chi connectivity index (χ4n) is 2.72. The number of nitrogens with one attached hydrogen (secondary N) is 3. The summed E-state index contributed by atoms with van der Waals surface area (Å²) in [6.45, 7) is -0.622. The summed E-state index contributed by atoms with van der Waals surface area (Å²) in [7, 11) is 0. The van der Waals surface area contributed by atoms with E-state index in [0.717, 1.165) is 18.4 Å². The Morgan fingerprint density at radius 3 is 2.20 bits per heavy atom. The molecule has 0 saturated heterocycles. The molecule has 1 saturated carbocycles. The highest BCUT2D eigenvalue weighted by Gasteiger charge is 2.26. The van der Waals surface area contributed by atoms with E-state index >= 15 is 0 Å². The highest BCUT2D eigenvalue weighted by atomic mass is 16.5. The highest BCUT2D eigenvalue weighted by molar-refractivity contribution is 5.98. The maximum atomic E-state index is 12.6. The number of benzene rings is 2. The molecule has 0 radical (unpaired) electrons. The number of amides is 4. The zero-order valence-electron chi connectivity index (χ0n) is 16.3. The SMILES string of the molecule is O=C(COC(=O)[C@H](Cc1ccccc1)NC(=O)c1ccccc1)NC(=O)NC1CC1. The van der Waals surface area contributed by atoms with Gasteiger partial charge in [-0.15, -0.1) is 0 Å². The molecule has 1 aliphatic rings. The highest BCUT2D eigenvalue weighted by Crippen LogP contribution is 2.18. The van der Waals surface area contributed by atoms with Gasteiger partial charge in [0.25, 0.3) is 11.8 Å². The number of carbonyl (C=O) groups excluding carboxylic acids is 4. The number of imide groups is 1. The van der Waals surface area contributed by atoms with Crippen LogP contribution in [0.25, 0.3) is 0 Å². The molecule has 4 amide bonds. The molecule has 0 heterocycles. The second kappa shape index (κ2) is 10.2. The van der Waals surface area contributed by atoms with E-state index in [9.17, 15) is 19.2 Å². The lowest BCUT2D eigenvalue weighted by Gasteiger charge is -2.18. The molecule has 0 aliphatic heterocycles. The van der Waals surface area contributed by atoms with E-state index in [0.29, 0.717) is 5.56 Å². The molecule has 1 fully saturated rings. The van der Waals surface area contributed by atoms with Crippen molar-refractivity contribution in [2.45, 2.75) is 31.3 Å². The topological polar surface area (TPSA) is 114 Å². The van der Waals surface area contributed by atoms with Gasteiger partial charge in [-0.25, -0.2) is 9.59 Å². The van der Waals surface area contributed by atoms with Gasteiger partial charge in [-0.3, -0.25) is 14.9 Å². The molecule has 8 heteroatoms. The van der Waals surface area contributed by atoms with Crippen molar-refractivity contribution in [1.29, 1.82) is 0 Å². The smallest absolute Gasteiger partial charge is 0.329 e. The van der Waals surface area contributed by atoms with Crippen LogP contribution in [0.3, 0.4) is 0 Å². The molecule has 30 heavy (non-hydrogen) atoms. The molecule has 3 N–H and O–H groups in total. The summed E-state index contributed by atoms with van der Waals surface area (Å²) in [6.07, 6.45) is 1.97. The normalized spacial score (nSPS) is 13.6. The van der Waals surface area contributed by atoms with Gasteiger partial charge in [-0.1, -0.05) is 48.5 Å². The van der Waals surface area contributed by atoms with Crippen LogP contribution < -0.4 is 16.0 Å².